The Morgan fingerprint density at radius 1 is 1.33 bits per heavy atom. The van der Waals surface area contributed by atoms with Gasteiger partial charge in [0.1, 0.15) is 18.6 Å². The van der Waals surface area contributed by atoms with E-state index in [-0.39, 0.29) is 18.0 Å². The van der Waals surface area contributed by atoms with Crippen molar-refractivity contribution in [2.24, 2.45) is 0 Å². The summed E-state index contributed by atoms with van der Waals surface area (Å²) in [6.45, 7) is -0.166. The number of nitrogens with one attached hydrogen (secondary N) is 1. The molecule has 0 aliphatic heterocycles. The lowest BCUT2D eigenvalue weighted by atomic mass is 10.3. The number of hydrogen-bond donors (Lipinski definition) is 1. The molecule has 7 nitrogen and oxygen atoms in total. The van der Waals surface area contributed by atoms with Gasteiger partial charge < -0.3 is 10.1 Å². The van der Waals surface area contributed by atoms with Crippen molar-refractivity contribution in [1.82, 2.24) is 14.5 Å². The molecule has 0 radical (unpaired) electrons. The van der Waals surface area contributed by atoms with Gasteiger partial charge in [0.15, 0.2) is 5.65 Å². The normalized spacial score (nSPS) is 10.6. The lowest BCUT2D eigenvalue weighted by molar-refractivity contribution is -0.116. The fourth-order valence-corrected chi connectivity index (χ4v) is 2.47. The minimum atomic E-state index is -0.372. The van der Waals surface area contributed by atoms with Gasteiger partial charge >= 0.3 is 0 Å². The third kappa shape index (κ3) is 3.21. The molecule has 0 atom stereocenters. The highest BCUT2D eigenvalue weighted by Gasteiger charge is 2.10. The van der Waals surface area contributed by atoms with Gasteiger partial charge in [-0.05, 0) is 30.3 Å². The Bertz CT molecular complexity index is 971. The Morgan fingerprint density at radius 3 is 2.92 bits per heavy atom. The molecule has 1 amide bonds. The van der Waals surface area contributed by atoms with Crippen molar-refractivity contribution < 1.29 is 9.53 Å². The number of aromatic nitrogens is 3. The summed E-state index contributed by atoms with van der Waals surface area (Å²) in [5.74, 6) is 0.139. The second kappa shape index (κ2) is 6.67. The molecule has 3 aromatic rings. The van der Waals surface area contributed by atoms with Crippen molar-refractivity contribution in [3.05, 3.63) is 58.2 Å². The summed E-state index contributed by atoms with van der Waals surface area (Å²) >= 11 is 6.02. The highest BCUT2D eigenvalue weighted by atomic mass is 35.5. The van der Waals surface area contributed by atoms with Crippen molar-refractivity contribution in [3.8, 4) is 5.75 Å². The Morgan fingerprint density at radius 2 is 2.17 bits per heavy atom. The molecule has 0 saturated carbocycles. The average Bonchev–Trinajstić information content (AvgIpc) is 2.58. The molecular weight excluding hydrogens is 332 g/mol. The number of hydrogen-bond acceptors (Lipinski definition) is 5. The molecule has 0 aliphatic rings. The van der Waals surface area contributed by atoms with Crippen LogP contribution in [0.3, 0.4) is 0 Å². The lowest BCUT2D eigenvalue weighted by Gasteiger charge is -2.09. The minimum absolute atomic E-state index is 0.166. The van der Waals surface area contributed by atoms with Crippen LogP contribution in [0.15, 0.2) is 47.7 Å². The Hall–Kier alpha value is -2.93. The summed E-state index contributed by atoms with van der Waals surface area (Å²) in [7, 11) is 1.51. The zero-order valence-corrected chi connectivity index (χ0v) is 13.4. The van der Waals surface area contributed by atoms with E-state index in [1.165, 1.54) is 18.0 Å². The minimum Gasteiger partial charge on any atom is -0.495 e. The maximum Gasteiger partial charge on any atom is 0.263 e. The zero-order chi connectivity index (χ0) is 17.1. The van der Waals surface area contributed by atoms with Gasteiger partial charge in [-0.1, -0.05) is 11.6 Å². The summed E-state index contributed by atoms with van der Waals surface area (Å²) in [6, 6.07) is 8.15. The Labute approximate surface area is 141 Å². The number of ether oxygens (including phenoxy) is 1. The lowest BCUT2D eigenvalue weighted by Crippen LogP contribution is -2.28. The van der Waals surface area contributed by atoms with Gasteiger partial charge in [-0.2, -0.15) is 0 Å². The molecule has 0 spiro atoms. The van der Waals surface area contributed by atoms with E-state index in [0.29, 0.717) is 27.5 Å². The van der Waals surface area contributed by atoms with E-state index in [9.17, 15) is 9.59 Å². The molecule has 0 aliphatic carbocycles. The number of amides is 1. The van der Waals surface area contributed by atoms with Crippen LogP contribution in [0.2, 0.25) is 5.02 Å². The number of fused-ring (bicyclic) bond motifs is 1. The van der Waals surface area contributed by atoms with Crippen LogP contribution in [0.4, 0.5) is 5.69 Å². The van der Waals surface area contributed by atoms with E-state index >= 15 is 0 Å². The summed E-state index contributed by atoms with van der Waals surface area (Å²) in [5.41, 5.74) is 0.534. The number of nitrogens with zero attached hydrogens (tertiary/aromatic N) is 3. The van der Waals surface area contributed by atoms with Gasteiger partial charge in [-0.3, -0.25) is 14.2 Å². The molecular formula is C16H13ClN4O3. The first-order valence-electron chi connectivity index (χ1n) is 7.02. The first-order valence-corrected chi connectivity index (χ1v) is 7.40. The molecule has 0 fully saturated rings. The number of rotatable bonds is 4. The molecule has 2 aromatic heterocycles. The van der Waals surface area contributed by atoms with E-state index in [0.717, 1.165) is 0 Å². The molecule has 122 valence electrons. The van der Waals surface area contributed by atoms with Crippen molar-refractivity contribution in [2.45, 2.75) is 6.54 Å². The number of methoxy groups -OCH3 is 1. The Balaban J connectivity index is 1.79. The summed E-state index contributed by atoms with van der Waals surface area (Å²) < 4.78 is 6.28. The van der Waals surface area contributed by atoms with Crippen molar-refractivity contribution in [1.29, 1.82) is 0 Å². The van der Waals surface area contributed by atoms with E-state index in [4.69, 9.17) is 16.3 Å². The molecule has 0 unspecified atom stereocenters. The van der Waals surface area contributed by atoms with E-state index < -0.39 is 0 Å². The third-order valence-corrected chi connectivity index (χ3v) is 3.64. The molecule has 0 saturated heterocycles. The van der Waals surface area contributed by atoms with Crippen LogP contribution in [0, 0.1) is 0 Å². The van der Waals surface area contributed by atoms with Gasteiger partial charge in [0, 0.05) is 11.9 Å². The molecule has 0 bridgehead atoms. The predicted octanol–water partition coefficient (Wildman–Crippen LogP) is 2.09. The predicted molar refractivity (Wildman–Crippen MR) is 90.4 cm³/mol. The SMILES string of the molecule is COc1ccc(NC(=O)Cn2cnc3ncccc3c2=O)cc1Cl. The van der Waals surface area contributed by atoms with Crippen molar-refractivity contribution in [3.63, 3.8) is 0 Å². The van der Waals surface area contributed by atoms with Gasteiger partial charge in [-0.15, -0.1) is 0 Å². The number of benzene rings is 1. The molecule has 24 heavy (non-hydrogen) atoms. The standard InChI is InChI=1S/C16H13ClN4O3/c1-24-13-5-4-10(7-12(13)17)20-14(22)8-21-9-19-15-11(16(21)23)3-2-6-18-15/h2-7,9H,8H2,1H3,(H,20,22). The van der Waals surface area contributed by atoms with Crippen LogP contribution in [-0.2, 0) is 11.3 Å². The maximum atomic E-state index is 12.3. The maximum absolute atomic E-state index is 12.3. The quantitative estimate of drug-likeness (QED) is 0.783. The Kier molecular flexibility index (Phi) is 4.43. The topological polar surface area (TPSA) is 86.1 Å². The van der Waals surface area contributed by atoms with Gasteiger partial charge in [0.05, 0.1) is 17.5 Å². The molecule has 1 aromatic carbocycles. The second-order valence-corrected chi connectivity index (χ2v) is 5.36. The van der Waals surface area contributed by atoms with Gasteiger partial charge in [0.25, 0.3) is 5.56 Å². The summed E-state index contributed by atoms with van der Waals surface area (Å²) in [6.07, 6.45) is 2.86. The van der Waals surface area contributed by atoms with Crippen LogP contribution < -0.4 is 15.6 Å². The molecule has 2 heterocycles. The number of halogens is 1. The molecule has 3 rings (SSSR count). The smallest absolute Gasteiger partial charge is 0.263 e. The van der Waals surface area contributed by atoms with Crippen LogP contribution in [0.1, 0.15) is 0 Å². The number of anilines is 1. The highest BCUT2D eigenvalue weighted by molar-refractivity contribution is 6.32. The van der Waals surface area contributed by atoms with E-state index in [1.807, 2.05) is 0 Å². The van der Waals surface area contributed by atoms with Crippen LogP contribution in [0.25, 0.3) is 11.0 Å². The largest absolute Gasteiger partial charge is 0.495 e. The fourth-order valence-electron chi connectivity index (χ4n) is 2.21. The van der Waals surface area contributed by atoms with E-state index in [2.05, 4.69) is 15.3 Å². The van der Waals surface area contributed by atoms with Gasteiger partial charge in [0.2, 0.25) is 5.91 Å². The van der Waals surface area contributed by atoms with E-state index in [1.54, 1.807) is 36.5 Å². The van der Waals surface area contributed by atoms with Crippen LogP contribution in [0.5, 0.6) is 5.75 Å². The first-order chi connectivity index (χ1) is 11.6. The average molecular weight is 345 g/mol. The highest BCUT2D eigenvalue weighted by Crippen LogP contribution is 2.27. The first kappa shape index (κ1) is 15.9. The number of carbonyl (C=O) groups is 1. The van der Waals surface area contributed by atoms with Gasteiger partial charge in [-0.25, -0.2) is 9.97 Å². The van der Waals surface area contributed by atoms with Crippen LogP contribution >= 0.6 is 11.6 Å². The third-order valence-electron chi connectivity index (χ3n) is 3.35. The summed E-state index contributed by atoms with van der Waals surface area (Å²) in [4.78, 5) is 32.5. The molecule has 1 N–H and O–H groups in total. The van der Waals surface area contributed by atoms with Crippen molar-refractivity contribution in [2.75, 3.05) is 12.4 Å². The molecule has 8 heteroatoms. The fraction of sp³-hybridized carbons (Fsp3) is 0.125. The summed E-state index contributed by atoms with van der Waals surface area (Å²) in [5, 5.41) is 3.42. The van der Waals surface area contributed by atoms with Crippen LogP contribution in [-0.4, -0.2) is 27.6 Å². The zero-order valence-electron chi connectivity index (χ0n) is 12.7. The number of carbonyl (C=O) groups excluding carboxylic acids is 1. The monoisotopic (exact) mass is 344 g/mol. The number of pyridine rings is 1. The second-order valence-electron chi connectivity index (χ2n) is 4.95. The van der Waals surface area contributed by atoms with Crippen molar-refractivity contribution >= 4 is 34.2 Å².